The Morgan fingerprint density at radius 2 is 2.06 bits per heavy atom. The van der Waals surface area contributed by atoms with Crippen LogP contribution in [0.2, 0.25) is 0 Å². The molecule has 1 unspecified atom stereocenters. The summed E-state index contributed by atoms with van der Waals surface area (Å²) in [6.07, 6.45) is 7.39. The van der Waals surface area contributed by atoms with E-state index >= 15 is 0 Å². The van der Waals surface area contributed by atoms with E-state index in [1.807, 2.05) is 4.90 Å². The van der Waals surface area contributed by atoms with E-state index in [-0.39, 0.29) is 11.5 Å². The fourth-order valence-electron chi connectivity index (χ4n) is 3.38. The van der Waals surface area contributed by atoms with Gasteiger partial charge < -0.3 is 10.6 Å². The van der Waals surface area contributed by atoms with Crippen molar-refractivity contribution < 1.29 is 4.79 Å². The topological polar surface area (TPSA) is 46.3 Å². The van der Waals surface area contributed by atoms with Crippen LogP contribution in [0.5, 0.6) is 0 Å². The number of nitrogens with two attached hydrogens (primary N) is 1. The van der Waals surface area contributed by atoms with E-state index in [0.717, 1.165) is 38.6 Å². The monoisotopic (exact) mass is 254 g/mol. The highest BCUT2D eigenvalue weighted by Crippen LogP contribution is 2.43. The quantitative estimate of drug-likeness (QED) is 0.786. The smallest absolute Gasteiger partial charge is 0.229 e. The molecule has 1 aliphatic carbocycles. The molecule has 1 heterocycles. The number of rotatable bonds is 3. The third-order valence-electron chi connectivity index (χ3n) is 4.53. The first kappa shape index (κ1) is 12.8. The van der Waals surface area contributed by atoms with Crippen LogP contribution in [0.1, 0.15) is 51.9 Å². The van der Waals surface area contributed by atoms with E-state index in [4.69, 9.17) is 18.0 Å². The Hall–Kier alpha value is -0.640. The number of likely N-dealkylation sites (tertiary alicyclic amines) is 1. The van der Waals surface area contributed by atoms with Gasteiger partial charge in [-0.15, -0.1) is 0 Å². The summed E-state index contributed by atoms with van der Waals surface area (Å²) in [5, 5.41) is 0. The number of carbonyl (C=O) groups is 1. The van der Waals surface area contributed by atoms with Crippen LogP contribution in [-0.4, -0.2) is 28.4 Å². The lowest BCUT2D eigenvalue weighted by molar-refractivity contribution is -0.142. The van der Waals surface area contributed by atoms with Crippen LogP contribution in [0.25, 0.3) is 0 Å². The van der Waals surface area contributed by atoms with Gasteiger partial charge in [0.15, 0.2) is 0 Å². The first-order chi connectivity index (χ1) is 8.10. The maximum absolute atomic E-state index is 12.7. The van der Waals surface area contributed by atoms with Gasteiger partial charge in [0.25, 0.3) is 0 Å². The fraction of sp³-hybridized carbons (Fsp3) is 0.846. The van der Waals surface area contributed by atoms with Crippen LogP contribution in [0, 0.1) is 5.41 Å². The second-order valence-electron chi connectivity index (χ2n) is 5.40. The molecule has 1 aliphatic heterocycles. The minimum absolute atomic E-state index is 0.0153. The Kier molecular flexibility index (Phi) is 3.71. The van der Waals surface area contributed by atoms with Gasteiger partial charge in [0.2, 0.25) is 5.91 Å². The number of hydrogen-bond donors (Lipinski definition) is 1. The summed E-state index contributed by atoms with van der Waals surface area (Å²) in [6, 6.07) is 0.0153. The SMILES string of the molecule is CCC1(C(=O)N2CCCC2C(N)=S)CCCC1. The lowest BCUT2D eigenvalue weighted by Crippen LogP contribution is -2.48. The van der Waals surface area contributed by atoms with Gasteiger partial charge in [-0.2, -0.15) is 0 Å². The predicted octanol–water partition coefficient (Wildman–Crippen LogP) is 2.23. The first-order valence-corrected chi connectivity index (χ1v) is 7.12. The van der Waals surface area contributed by atoms with Crippen molar-refractivity contribution in [2.75, 3.05) is 6.54 Å². The van der Waals surface area contributed by atoms with Gasteiger partial charge >= 0.3 is 0 Å². The summed E-state index contributed by atoms with van der Waals surface area (Å²) >= 11 is 5.08. The molecular formula is C13H22N2OS. The number of carbonyl (C=O) groups excluding carboxylic acids is 1. The molecular weight excluding hydrogens is 232 g/mol. The molecule has 2 aliphatic rings. The molecule has 0 radical (unpaired) electrons. The zero-order chi connectivity index (χ0) is 12.5. The Bertz CT molecular complexity index is 323. The molecule has 2 rings (SSSR count). The molecule has 1 amide bonds. The van der Waals surface area contributed by atoms with E-state index in [1.165, 1.54) is 12.8 Å². The molecule has 0 aromatic carbocycles. The average Bonchev–Trinajstić information content (AvgIpc) is 2.98. The normalized spacial score (nSPS) is 27.4. The van der Waals surface area contributed by atoms with Crippen LogP contribution >= 0.6 is 12.2 Å². The third kappa shape index (κ3) is 2.19. The molecule has 2 fully saturated rings. The lowest BCUT2D eigenvalue weighted by atomic mass is 9.81. The van der Waals surface area contributed by atoms with Crippen molar-refractivity contribution in [2.45, 2.75) is 57.9 Å². The minimum atomic E-state index is -0.104. The molecule has 17 heavy (non-hydrogen) atoms. The summed E-state index contributed by atoms with van der Waals surface area (Å²) in [6.45, 7) is 2.97. The molecule has 1 atom stereocenters. The number of hydrogen-bond acceptors (Lipinski definition) is 2. The molecule has 3 nitrogen and oxygen atoms in total. The summed E-state index contributed by atoms with van der Waals surface area (Å²) in [4.78, 5) is 15.2. The number of amides is 1. The standard InChI is InChI=1S/C13H22N2OS/c1-2-13(7-3-4-8-13)12(16)15-9-5-6-10(15)11(14)17/h10H,2-9H2,1H3,(H2,14,17). The van der Waals surface area contributed by atoms with Gasteiger partial charge in [0, 0.05) is 12.0 Å². The Morgan fingerprint density at radius 1 is 1.41 bits per heavy atom. The van der Waals surface area contributed by atoms with Crippen molar-refractivity contribution in [3.8, 4) is 0 Å². The molecule has 0 aromatic rings. The molecule has 4 heteroatoms. The van der Waals surface area contributed by atoms with Crippen LogP contribution in [-0.2, 0) is 4.79 Å². The van der Waals surface area contributed by atoms with Crippen LogP contribution in [0.3, 0.4) is 0 Å². The Balaban J connectivity index is 2.15. The van der Waals surface area contributed by atoms with Crippen LogP contribution in [0.15, 0.2) is 0 Å². The van der Waals surface area contributed by atoms with Crippen molar-refractivity contribution >= 4 is 23.1 Å². The number of nitrogens with zero attached hydrogens (tertiary/aromatic N) is 1. The van der Waals surface area contributed by atoms with Crippen molar-refractivity contribution in [3.05, 3.63) is 0 Å². The maximum atomic E-state index is 12.7. The highest BCUT2D eigenvalue weighted by atomic mass is 32.1. The van der Waals surface area contributed by atoms with Gasteiger partial charge in [-0.3, -0.25) is 4.79 Å². The summed E-state index contributed by atoms with van der Waals surface area (Å²) in [5.41, 5.74) is 5.64. The van der Waals surface area contributed by atoms with Gasteiger partial charge in [-0.05, 0) is 32.1 Å². The Labute approximate surface area is 109 Å². The van der Waals surface area contributed by atoms with Crippen molar-refractivity contribution in [3.63, 3.8) is 0 Å². The summed E-state index contributed by atoms with van der Waals surface area (Å²) in [5.74, 6) is 0.313. The third-order valence-corrected chi connectivity index (χ3v) is 4.81. The van der Waals surface area contributed by atoms with E-state index in [0.29, 0.717) is 10.9 Å². The van der Waals surface area contributed by atoms with Crippen molar-refractivity contribution in [2.24, 2.45) is 11.1 Å². The van der Waals surface area contributed by atoms with Crippen molar-refractivity contribution in [1.82, 2.24) is 4.90 Å². The maximum Gasteiger partial charge on any atom is 0.229 e. The highest BCUT2D eigenvalue weighted by Gasteiger charge is 2.45. The summed E-state index contributed by atoms with van der Waals surface area (Å²) in [7, 11) is 0. The lowest BCUT2D eigenvalue weighted by Gasteiger charge is -2.34. The molecule has 1 saturated carbocycles. The van der Waals surface area contributed by atoms with E-state index < -0.39 is 0 Å². The molecule has 2 N–H and O–H groups in total. The van der Waals surface area contributed by atoms with Gasteiger partial charge in [-0.1, -0.05) is 32.0 Å². The van der Waals surface area contributed by atoms with E-state index in [9.17, 15) is 4.79 Å². The molecule has 0 bridgehead atoms. The summed E-state index contributed by atoms with van der Waals surface area (Å²) < 4.78 is 0. The molecule has 0 aromatic heterocycles. The minimum Gasteiger partial charge on any atom is -0.392 e. The molecule has 96 valence electrons. The van der Waals surface area contributed by atoms with Gasteiger partial charge in [0.1, 0.15) is 0 Å². The van der Waals surface area contributed by atoms with E-state index in [1.54, 1.807) is 0 Å². The van der Waals surface area contributed by atoms with E-state index in [2.05, 4.69) is 6.92 Å². The van der Waals surface area contributed by atoms with Crippen molar-refractivity contribution in [1.29, 1.82) is 0 Å². The second kappa shape index (κ2) is 4.92. The number of thiocarbonyl (C=S) groups is 1. The highest BCUT2D eigenvalue weighted by molar-refractivity contribution is 7.80. The van der Waals surface area contributed by atoms with Crippen LogP contribution < -0.4 is 5.73 Å². The molecule has 0 spiro atoms. The van der Waals surface area contributed by atoms with Crippen LogP contribution in [0.4, 0.5) is 0 Å². The second-order valence-corrected chi connectivity index (χ2v) is 5.87. The average molecular weight is 254 g/mol. The fourth-order valence-corrected chi connectivity index (χ4v) is 3.63. The van der Waals surface area contributed by atoms with Gasteiger partial charge in [0.05, 0.1) is 11.0 Å². The molecule has 1 saturated heterocycles. The largest absolute Gasteiger partial charge is 0.392 e. The first-order valence-electron chi connectivity index (χ1n) is 6.71. The zero-order valence-corrected chi connectivity index (χ0v) is 11.4. The van der Waals surface area contributed by atoms with Gasteiger partial charge in [-0.25, -0.2) is 0 Å². The predicted molar refractivity (Wildman–Crippen MR) is 72.7 cm³/mol. The Morgan fingerprint density at radius 3 is 2.59 bits per heavy atom. The zero-order valence-electron chi connectivity index (χ0n) is 10.6.